The topological polar surface area (TPSA) is 46.9 Å². The number of rotatable bonds is 4. The number of nitrogens with zero attached hydrogens (tertiary/aromatic N) is 2. The Morgan fingerprint density at radius 1 is 1.47 bits per heavy atom. The molecule has 0 spiro atoms. The third-order valence-corrected chi connectivity index (χ3v) is 3.12. The summed E-state index contributed by atoms with van der Waals surface area (Å²) in [5.41, 5.74) is 1.51. The highest BCUT2D eigenvalue weighted by atomic mass is 79.9. The molecule has 5 heteroatoms. The minimum Gasteiger partial charge on any atom is -0.342 e. The Morgan fingerprint density at radius 2 is 2.26 bits per heavy atom. The van der Waals surface area contributed by atoms with Crippen molar-refractivity contribution in [2.45, 2.75) is 26.8 Å². The smallest absolute Gasteiger partial charge is 0.273 e. The summed E-state index contributed by atoms with van der Waals surface area (Å²) < 4.78 is 2.85. The van der Waals surface area contributed by atoms with Crippen molar-refractivity contribution in [3.05, 3.63) is 46.3 Å². The molecule has 2 aromatic rings. The second kappa shape index (κ2) is 6.02. The fraction of sp³-hybridized carbons (Fsp3) is 0.286. The van der Waals surface area contributed by atoms with Crippen molar-refractivity contribution in [1.29, 1.82) is 0 Å². The van der Waals surface area contributed by atoms with E-state index >= 15 is 0 Å². The van der Waals surface area contributed by atoms with E-state index in [9.17, 15) is 4.79 Å². The molecule has 4 nitrogen and oxygen atoms in total. The van der Waals surface area contributed by atoms with E-state index in [1.54, 1.807) is 6.07 Å². The Morgan fingerprint density at radius 3 is 2.95 bits per heavy atom. The standard InChI is InChI=1S/C14H16BrN3O/c1-3-7-18-9-11(15)8-12(18)14(19)17-13-6-4-5-10(2)16-13/h4-6,8-9H,3,7H2,1-2H3,(H,16,17,19). The monoisotopic (exact) mass is 321 g/mol. The molecule has 1 amide bonds. The van der Waals surface area contributed by atoms with Crippen molar-refractivity contribution in [1.82, 2.24) is 9.55 Å². The first-order valence-electron chi connectivity index (χ1n) is 6.21. The molecule has 0 atom stereocenters. The molecule has 0 fully saturated rings. The van der Waals surface area contributed by atoms with Crippen LogP contribution in [0.15, 0.2) is 34.9 Å². The van der Waals surface area contributed by atoms with Crippen LogP contribution in [0.4, 0.5) is 5.82 Å². The van der Waals surface area contributed by atoms with Crippen molar-refractivity contribution >= 4 is 27.7 Å². The van der Waals surface area contributed by atoms with E-state index in [0.29, 0.717) is 11.5 Å². The largest absolute Gasteiger partial charge is 0.342 e. The molecule has 0 aliphatic carbocycles. The van der Waals surface area contributed by atoms with Gasteiger partial charge in [-0.05, 0) is 47.5 Å². The Kier molecular flexibility index (Phi) is 4.37. The molecule has 2 heterocycles. The van der Waals surface area contributed by atoms with Crippen molar-refractivity contribution in [2.75, 3.05) is 5.32 Å². The lowest BCUT2D eigenvalue weighted by molar-refractivity contribution is 0.101. The molecule has 2 rings (SSSR count). The fourth-order valence-electron chi connectivity index (χ4n) is 1.88. The van der Waals surface area contributed by atoms with Crippen LogP contribution in [0.25, 0.3) is 0 Å². The van der Waals surface area contributed by atoms with Gasteiger partial charge in [-0.3, -0.25) is 4.79 Å². The second-order valence-electron chi connectivity index (χ2n) is 4.36. The van der Waals surface area contributed by atoms with Crippen molar-refractivity contribution in [2.24, 2.45) is 0 Å². The van der Waals surface area contributed by atoms with Gasteiger partial charge in [-0.1, -0.05) is 13.0 Å². The van der Waals surface area contributed by atoms with Crippen LogP contribution in [0, 0.1) is 6.92 Å². The molecule has 0 unspecified atom stereocenters. The summed E-state index contributed by atoms with van der Waals surface area (Å²) in [6, 6.07) is 7.37. The number of anilines is 1. The first-order valence-corrected chi connectivity index (χ1v) is 7.00. The lowest BCUT2D eigenvalue weighted by atomic mass is 10.3. The van der Waals surface area contributed by atoms with E-state index < -0.39 is 0 Å². The third-order valence-electron chi connectivity index (χ3n) is 2.69. The number of amides is 1. The van der Waals surface area contributed by atoms with Gasteiger partial charge in [-0.15, -0.1) is 0 Å². The van der Waals surface area contributed by atoms with Gasteiger partial charge >= 0.3 is 0 Å². The maximum Gasteiger partial charge on any atom is 0.273 e. The molecule has 19 heavy (non-hydrogen) atoms. The molecule has 0 aliphatic heterocycles. The first kappa shape index (κ1) is 13.8. The van der Waals surface area contributed by atoms with E-state index in [2.05, 4.69) is 33.2 Å². The van der Waals surface area contributed by atoms with Gasteiger partial charge in [0.2, 0.25) is 0 Å². The Hall–Kier alpha value is -1.62. The SMILES string of the molecule is CCCn1cc(Br)cc1C(=O)Nc1cccc(C)n1. The normalized spacial score (nSPS) is 10.5. The number of aromatic nitrogens is 2. The minimum atomic E-state index is -0.141. The molecule has 0 bridgehead atoms. The van der Waals surface area contributed by atoms with Crippen LogP contribution in [-0.4, -0.2) is 15.5 Å². The molecule has 0 radical (unpaired) electrons. The molecule has 0 aromatic carbocycles. The van der Waals surface area contributed by atoms with Crippen LogP contribution >= 0.6 is 15.9 Å². The molecule has 2 aromatic heterocycles. The zero-order valence-corrected chi connectivity index (χ0v) is 12.6. The number of nitrogens with one attached hydrogen (secondary N) is 1. The van der Waals surface area contributed by atoms with Crippen LogP contribution < -0.4 is 5.32 Å². The average molecular weight is 322 g/mol. The highest BCUT2D eigenvalue weighted by molar-refractivity contribution is 9.10. The van der Waals surface area contributed by atoms with E-state index in [0.717, 1.165) is 23.1 Å². The van der Waals surface area contributed by atoms with Crippen LogP contribution in [0.2, 0.25) is 0 Å². The Balaban J connectivity index is 2.20. The highest BCUT2D eigenvalue weighted by Crippen LogP contribution is 2.17. The Bertz CT molecular complexity index is 592. The van der Waals surface area contributed by atoms with Crippen molar-refractivity contribution in [3.8, 4) is 0 Å². The van der Waals surface area contributed by atoms with E-state index in [4.69, 9.17) is 0 Å². The summed E-state index contributed by atoms with van der Waals surface area (Å²) in [5.74, 6) is 0.433. The number of carbonyl (C=O) groups is 1. The number of carbonyl (C=O) groups excluding carboxylic acids is 1. The van der Waals surface area contributed by atoms with Crippen molar-refractivity contribution in [3.63, 3.8) is 0 Å². The van der Waals surface area contributed by atoms with Crippen LogP contribution in [0.3, 0.4) is 0 Å². The molecular formula is C14H16BrN3O. The number of hydrogen-bond donors (Lipinski definition) is 1. The van der Waals surface area contributed by atoms with Gasteiger partial charge < -0.3 is 9.88 Å². The summed E-state index contributed by atoms with van der Waals surface area (Å²) in [7, 11) is 0. The summed E-state index contributed by atoms with van der Waals surface area (Å²) in [6.07, 6.45) is 2.90. The predicted octanol–water partition coefficient (Wildman–Crippen LogP) is 3.62. The van der Waals surface area contributed by atoms with Crippen LogP contribution in [-0.2, 0) is 6.54 Å². The van der Waals surface area contributed by atoms with Gasteiger partial charge in [-0.25, -0.2) is 4.98 Å². The average Bonchev–Trinajstić information content (AvgIpc) is 2.71. The van der Waals surface area contributed by atoms with Gasteiger partial charge in [0.05, 0.1) is 0 Å². The quantitative estimate of drug-likeness (QED) is 0.934. The van der Waals surface area contributed by atoms with Gasteiger partial charge in [0, 0.05) is 22.9 Å². The maximum absolute atomic E-state index is 12.2. The van der Waals surface area contributed by atoms with Crippen molar-refractivity contribution < 1.29 is 4.79 Å². The zero-order chi connectivity index (χ0) is 13.8. The lowest BCUT2D eigenvalue weighted by Gasteiger charge is -2.08. The minimum absolute atomic E-state index is 0.141. The number of halogens is 1. The van der Waals surface area contributed by atoms with Gasteiger partial charge in [0.15, 0.2) is 0 Å². The molecule has 1 N–H and O–H groups in total. The number of hydrogen-bond acceptors (Lipinski definition) is 2. The Labute approximate surface area is 121 Å². The molecule has 0 saturated carbocycles. The fourth-order valence-corrected chi connectivity index (χ4v) is 2.35. The third kappa shape index (κ3) is 3.44. The summed E-state index contributed by atoms with van der Waals surface area (Å²) >= 11 is 3.40. The molecule has 100 valence electrons. The number of pyridine rings is 1. The lowest BCUT2D eigenvalue weighted by Crippen LogP contribution is -2.17. The molecule has 0 aliphatic rings. The summed E-state index contributed by atoms with van der Waals surface area (Å²) in [4.78, 5) is 16.5. The van der Waals surface area contributed by atoms with E-state index in [1.165, 1.54) is 0 Å². The first-order chi connectivity index (χ1) is 9.10. The second-order valence-corrected chi connectivity index (χ2v) is 5.27. The van der Waals surface area contributed by atoms with E-state index in [1.807, 2.05) is 35.9 Å². The predicted molar refractivity (Wildman–Crippen MR) is 79.4 cm³/mol. The van der Waals surface area contributed by atoms with Crippen LogP contribution in [0.1, 0.15) is 29.5 Å². The van der Waals surface area contributed by atoms with Gasteiger partial charge in [0.25, 0.3) is 5.91 Å². The summed E-state index contributed by atoms with van der Waals surface area (Å²) in [5, 5.41) is 2.82. The summed E-state index contributed by atoms with van der Waals surface area (Å²) in [6.45, 7) is 4.79. The van der Waals surface area contributed by atoms with Gasteiger partial charge in [0.1, 0.15) is 11.5 Å². The molecule has 0 saturated heterocycles. The van der Waals surface area contributed by atoms with Crippen LogP contribution in [0.5, 0.6) is 0 Å². The maximum atomic E-state index is 12.2. The highest BCUT2D eigenvalue weighted by Gasteiger charge is 2.13. The zero-order valence-electron chi connectivity index (χ0n) is 11.0. The molecular weight excluding hydrogens is 306 g/mol. The van der Waals surface area contributed by atoms with E-state index in [-0.39, 0.29) is 5.91 Å². The number of aryl methyl sites for hydroxylation is 2. The van der Waals surface area contributed by atoms with Gasteiger partial charge in [-0.2, -0.15) is 0 Å².